The molecule has 5 heteroatoms. The van der Waals surface area contributed by atoms with E-state index < -0.39 is 0 Å². The van der Waals surface area contributed by atoms with E-state index in [2.05, 4.69) is 5.32 Å². The van der Waals surface area contributed by atoms with Crippen molar-refractivity contribution >= 4 is 17.6 Å². The molecule has 5 aliphatic rings. The molecule has 2 amide bonds. The maximum absolute atomic E-state index is 12.5. The van der Waals surface area contributed by atoms with Crippen molar-refractivity contribution in [3.63, 3.8) is 0 Å². The second-order valence-electron chi connectivity index (χ2n) is 7.42. The van der Waals surface area contributed by atoms with Crippen LogP contribution in [-0.4, -0.2) is 47.6 Å². The molecule has 4 aliphatic carbocycles. The zero-order valence-electron chi connectivity index (χ0n) is 11.9. The Balaban J connectivity index is 1.49. The second kappa shape index (κ2) is 4.51. The molecule has 5 fully saturated rings. The van der Waals surface area contributed by atoms with Crippen LogP contribution in [0.2, 0.25) is 0 Å². The Morgan fingerprint density at radius 2 is 1.80 bits per heavy atom. The standard InChI is InChI=1S/C15H23ClN2O2/c16-14-6-11-5-12(7-14)9-15(8-11,10-14)17-13(19)18-1-3-20-4-2-18/h11-12H,1-10H2,(H,17,19). The van der Waals surface area contributed by atoms with E-state index in [4.69, 9.17) is 16.3 Å². The summed E-state index contributed by atoms with van der Waals surface area (Å²) in [7, 11) is 0. The van der Waals surface area contributed by atoms with Crippen LogP contribution in [0.15, 0.2) is 0 Å². The van der Waals surface area contributed by atoms with E-state index >= 15 is 0 Å². The highest BCUT2D eigenvalue weighted by Gasteiger charge is 2.57. The van der Waals surface area contributed by atoms with Gasteiger partial charge < -0.3 is 15.0 Å². The Labute approximate surface area is 125 Å². The molecule has 1 heterocycles. The van der Waals surface area contributed by atoms with Gasteiger partial charge in [0.15, 0.2) is 0 Å². The monoisotopic (exact) mass is 298 g/mol. The van der Waals surface area contributed by atoms with Crippen LogP contribution in [0.5, 0.6) is 0 Å². The number of hydrogen-bond acceptors (Lipinski definition) is 2. The van der Waals surface area contributed by atoms with Crippen molar-refractivity contribution in [2.75, 3.05) is 26.3 Å². The van der Waals surface area contributed by atoms with Gasteiger partial charge in [0.2, 0.25) is 0 Å². The lowest BCUT2D eigenvalue weighted by atomic mass is 9.52. The normalized spacial score (nSPS) is 46.5. The van der Waals surface area contributed by atoms with Gasteiger partial charge in [0, 0.05) is 23.5 Å². The lowest BCUT2D eigenvalue weighted by Gasteiger charge is -2.60. The van der Waals surface area contributed by atoms with Gasteiger partial charge in [-0.2, -0.15) is 0 Å². The number of nitrogens with zero attached hydrogens (tertiary/aromatic N) is 1. The topological polar surface area (TPSA) is 41.6 Å². The van der Waals surface area contributed by atoms with Crippen molar-refractivity contribution in [1.82, 2.24) is 10.2 Å². The van der Waals surface area contributed by atoms with Gasteiger partial charge in [0.05, 0.1) is 13.2 Å². The summed E-state index contributed by atoms with van der Waals surface area (Å²) in [5.74, 6) is 1.44. The molecule has 112 valence electrons. The predicted octanol–water partition coefficient (Wildman–Crippen LogP) is 2.36. The lowest BCUT2D eigenvalue weighted by Crippen LogP contribution is -2.65. The maximum Gasteiger partial charge on any atom is 0.317 e. The van der Waals surface area contributed by atoms with Crippen molar-refractivity contribution in [3.05, 3.63) is 0 Å². The Morgan fingerprint density at radius 3 is 2.40 bits per heavy atom. The van der Waals surface area contributed by atoms with E-state index in [9.17, 15) is 4.79 Å². The van der Waals surface area contributed by atoms with Gasteiger partial charge >= 0.3 is 6.03 Å². The summed E-state index contributed by atoms with van der Waals surface area (Å²) in [4.78, 5) is 14.4. The summed E-state index contributed by atoms with van der Waals surface area (Å²) < 4.78 is 5.32. The molecule has 0 aromatic carbocycles. The molecule has 20 heavy (non-hydrogen) atoms. The van der Waals surface area contributed by atoms with Crippen LogP contribution in [0.4, 0.5) is 4.79 Å². The minimum Gasteiger partial charge on any atom is -0.378 e. The fraction of sp³-hybridized carbons (Fsp3) is 0.933. The molecular weight excluding hydrogens is 276 g/mol. The van der Waals surface area contributed by atoms with Crippen molar-refractivity contribution in [2.45, 2.75) is 48.9 Å². The molecule has 4 nitrogen and oxygen atoms in total. The van der Waals surface area contributed by atoms with Crippen molar-refractivity contribution in [2.24, 2.45) is 11.8 Å². The SMILES string of the molecule is O=C(NC12CC3CC(CC(Cl)(C3)C1)C2)N1CCOCC1. The van der Waals surface area contributed by atoms with Crippen LogP contribution in [-0.2, 0) is 4.74 Å². The van der Waals surface area contributed by atoms with Crippen LogP contribution >= 0.6 is 11.6 Å². The van der Waals surface area contributed by atoms with Gasteiger partial charge in [-0.25, -0.2) is 4.79 Å². The number of ether oxygens (including phenoxy) is 1. The van der Waals surface area contributed by atoms with Crippen molar-refractivity contribution in [3.8, 4) is 0 Å². The molecule has 1 N–H and O–H groups in total. The summed E-state index contributed by atoms with van der Waals surface area (Å²) in [6.07, 6.45) is 6.86. The van der Waals surface area contributed by atoms with Crippen molar-refractivity contribution in [1.29, 1.82) is 0 Å². The third-order valence-corrected chi connectivity index (χ3v) is 6.10. The number of morpholine rings is 1. The summed E-state index contributed by atoms with van der Waals surface area (Å²) in [5, 5.41) is 3.37. The number of rotatable bonds is 1. The van der Waals surface area contributed by atoms with Crippen LogP contribution in [0.1, 0.15) is 38.5 Å². The number of carbonyl (C=O) groups excluding carboxylic acids is 1. The number of hydrogen-bond donors (Lipinski definition) is 1. The van der Waals surface area contributed by atoms with E-state index in [0.717, 1.165) is 43.9 Å². The molecule has 1 saturated heterocycles. The first-order chi connectivity index (χ1) is 9.56. The van der Waals surface area contributed by atoms with Gasteiger partial charge in [-0.05, 0) is 50.4 Å². The van der Waals surface area contributed by atoms with Gasteiger partial charge in [0.25, 0.3) is 0 Å². The molecule has 5 rings (SSSR count). The number of urea groups is 1. The molecule has 0 aromatic rings. The summed E-state index contributed by atoms with van der Waals surface area (Å²) in [6.45, 7) is 2.73. The molecule has 1 aliphatic heterocycles. The first-order valence-corrected chi connectivity index (χ1v) is 8.28. The summed E-state index contributed by atoms with van der Waals surface area (Å²) in [6, 6.07) is 0.0931. The fourth-order valence-corrected chi connectivity index (χ4v) is 6.06. The number of carbonyl (C=O) groups is 1. The quantitative estimate of drug-likeness (QED) is 0.755. The van der Waals surface area contributed by atoms with Crippen LogP contribution < -0.4 is 5.32 Å². The molecule has 2 unspecified atom stereocenters. The lowest BCUT2D eigenvalue weighted by molar-refractivity contribution is -0.00659. The highest BCUT2D eigenvalue weighted by atomic mass is 35.5. The number of amides is 2. The molecule has 4 saturated carbocycles. The number of nitrogens with one attached hydrogen (secondary N) is 1. The van der Waals surface area contributed by atoms with Gasteiger partial charge in [-0.3, -0.25) is 0 Å². The predicted molar refractivity (Wildman–Crippen MR) is 76.9 cm³/mol. The van der Waals surface area contributed by atoms with E-state index in [1.165, 1.54) is 6.42 Å². The summed E-state index contributed by atoms with van der Waals surface area (Å²) in [5.41, 5.74) is -0.0266. The minimum atomic E-state index is -0.0393. The Morgan fingerprint density at radius 1 is 1.15 bits per heavy atom. The first-order valence-electron chi connectivity index (χ1n) is 7.90. The fourth-order valence-electron chi connectivity index (χ4n) is 5.37. The van der Waals surface area contributed by atoms with Gasteiger partial charge in [-0.15, -0.1) is 11.6 Å². The molecule has 2 atom stereocenters. The zero-order chi connectivity index (χ0) is 13.8. The maximum atomic E-state index is 12.5. The van der Waals surface area contributed by atoms with E-state index in [1.54, 1.807) is 0 Å². The Kier molecular flexibility index (Phi) is 2.97. The second-order valence-corrected chi connectivity index (χ2v) is 8.22. The average molecular weight is 299 g/mol. The van der Waals surface area contributed by atoms with Crippen LogP contribution in [0.25, 0.3) is 0 Å². The van der Waals surface area contributed by atoms with E-state index in [-0.39, 0.29) is 16.4 Å². The van der Waals surface area contributed by atoms with E-state index in [1.807, 2.05) is 4.90 Å². The van der Waals surface area contributed by atoms with Crippen molar-refractivity contribution < 1.29 is 9.53 Å². The molecule has 0 aromatic heterocycles. The Bertz CT molecular complexity index is 408. The Hall–Kier alpha value is -0.480. The van der Waals surface area contributed by atoms with Crippen LogP contribution in [0, 0.1) is 11.8 Å². The molecular formula is C15H23ClN2O2. The number of halogens is 1. The first kappa shape index (κ1) is 13.2. The van der Waals surface area contributed by atoms with Gasteiger partial charge in [0.1, 0.15) is 0 Å². The number of alkyl halides is 1. The third kappa shape index (κ3) is 2.21. The largest absolute Gasteiger partial charge is 0.378 e. The molecule has 0 spiro atoms. The van der Waals surface area contributed by atoms with E-state index in [0.29, 0.717) is 26.3 Å². The third-order valence-electron chi connectivity index (χ3n) is 5.66. The zero-order valence-corrected chi connectivity index (χ0v) is 12.6. The molecule has 0 radical (unpaired) electrons. The highest BCUT2D eigenvalue weighted by Crippen LogP contribution is 2.59. The highest BCUT2D eigenvalue weighted by molar-refractivity contribution is 6.24. The minimum absolute atomic E-state index is 0.0266. The smallest absolute Gasteiger partial charge is 0.317 e. The summed E-state index contributed by atoms with van der Waals surface area (Å²) >= 11 is 6.80. The van der Waals surface area contributed by atoms with Gasteiger partial charge in [-0.1, -0.05) is 0 Å². The van der Waals surface area contributed by atoms with Crippen LogP contribution in [0.3, 0.4) is 0 Å². The average Bonchev–Trinajstić information content (AvgIpc) is 2.36. The molecule has 4 bridgehead atoms.